The van der Waals surface area contributed by atoms with Crippen molar-refractivity contribution in [1.82, 2.24) is 0 Å². The van der Waals surface area contributed by atoms with Crippen molar-refractivity contribution in [3.05, 3.63) is 41.6 Å². The fraction of sp³-hybridized carbons (Fsp3) is 0.231. The summed E-state index contributed by atoms with van der Waals surface area (Å²) < 4.78 is 4.57. The molecule has 1 aromatic carbocycles. The molecule has 4 heteroatoms. The molecule has 0 aliphatic rings. The lowest BCUT2D eigenvalue weighted by molar-refractivity contribution is 0.0601. The molecule has 4 nitrogen and oxygen atoms in total. The third kappa shape index (κ3) is 4.10. The molecule has 0 aromatic heterocycles. The molecule has 0 saturated carbocycles. The Morgan fingerprint density at radius 3 is 2.06 bits per heavy atom. The van der Waals surface area contributed by atoms with Crippen LogP contribution in [0.15, 0.2) is 30.5 Å². The lowest BCUT2D eigenvalue weighted by Gasteiger charge is -2.02. The van der Waals surface area contributed by atoms with Crippen molar-refractivity contribution in [3.63, 3.8) is 0 Å². The van der Waals surface area contributed by atoms with E-state index in [1.165, 1.54) is 13.3 Å². The van der Waals surface area contributed by atoms with E-state index >= 15 is 0 Å². The number of carbonyl (C=O) groups is 1. The zero-order valence-electron chi connectivity index (χ0n) is 10.4. The maximum atomic E-state index is 11.1. The summed E-state index contributed by atoms with van der Waals surface area (Å²) in [6.07, 6.45) is 2.51. The molecule has 1 rings (SSSR count). The van der Waals surface area contributed by atoms with Crippen molar-refractivity contribution in [2.45, 2.75) is 13.8 Å². The van der Waals surface area contributed by atoms with Crippen molar-refractivity contribution >= 4 is 17.8 Å². The molecule has 0 atom stereocenters. The zero-order valence-corrected chi connectivity index (χ0v) is 10.4. The van der Waals surface area contributed by atoms with Crippen LogP contribution in [0, 0.1) is 5.41 Å². The molecule has 0 fully saturated rings. The molecule has 0 unspecified atom stereocenters. The average molecular weight is 234 g/mol. The van der Waals surface area contributed by atoms with Gasteiger partial charge in [-0.2, -0.15) is 0 Å². The van der Waals surface area contributed by atoms with Crippen LogP contribution in [-0.4, -0.2) is 19.3 Å². The number of ether oxygens (including phenoxy) is 1. The third-order valence-electron chi connectivity index (χ3n) is 1.97. The van der Waals surface area contributed by atoms with Gasteiger partial charge in [-0.05, 0) is 17.7 Å². The van der Waals surface area contributed by atoms with E-state index in [1.807, 2.05) is 13.8 Å². The number of rotatable bonds is 3. The molecule has 1 aromatic rings. The van der Waals surface area contributed by atoms with Crippen LogP contribution in [0.1, 0.15) is 29.8 Å². The summed E-state index contributed by atoms with van der Waals surface area (Å²) in [5, 5.41) is 7.11. The number of hydrogen-bond acceptors (Lipinski definition) is 4. The molecule has 17 heavy (non-hydrogen) atoms. The monoisotopic (exact) mass is 234 g/mol. The summed E-state index contributed by atoms with van der Waals surface area (Å²) in [7, 11) is 1.33. The molecule has 0 aliphatic heterocycles. The van der Waals surface area contributed by atoms with Crippen LogP contribution in [-0.2, 0) is 4.74 Å². The number of allylic oxidation sites excluding steroid dienone is 1. The Balaban J connectivity index is 0.00000121. The molecular formula is C13H18N2O2. The number of carbonyl (C=O) groups excluding carboxylic acids is 1. The smallest absolute Gasteiger partial charge is 0.337 e. The summed E-state index contributed by atoms with van der Waals surface area (Å²) in [6, 6.07) is 6.70. The predicted molar refractivity (Wildman–Crippen MR) is 70.1 cm³/mol. The van der Waals surface area contributed by atoms with E-state index in [0.717, 1.165) is 11.8 Å². The molecule has 0 aliphatic carbocycles. The molecule has 0 radical (unpaired) electrons. The SMILES string of the molecule is CC.COC(=O)c1ccc(/C(C=N)=C/N)cc1. The van der Waals surface area contributed by atoms with Crippen molar-refractivity contribution in [3.8, 4) is 0 Å². The Labute approximate surface area is 102 Å². The molecule has 3 N–H and O–H groups in total. The Morgan fingerprint density at radius 2 is 1.71 bits per heavy atom. The molecule has 0 saturated heterocycles. The van der Waals surface area contributed by atoms with Crippen molar-refractivity contribution in [2.75, 3.05) is 7.11 Å². The highest BCUT2D eigenvalue weighted by molar-refractivity contribution is 6.08. The Morgan fingerprint density at radius 1 is 1.24 bits per heavy atom. The highest BCUT2D eigenvalue weighted by Crippen LogP contribution is 2.12. The largest absolute Gasteiger partial charge is 0.465 e. The van der Waals surface area contributed by atoms with Crippen LogP contribution < -0.4 is 5.73 Å². The van der Waals surface area contributed by atoms with E-state index in [0.29, 0.717) is 11.1 Å². The number of hydrogen-bond donors (Lipinski definition) is 2. The maximum absolute atomic E-state index is 11.1. The quantitative estimate of drug-likeness (QED) is 0.623. The molecule has 0 spiro atoms. The molecular weight excluding hydrogens is 216 g/mol. The minimum atomic E-state index is -0.380. The topological polar surface area (TPSA) is 76.2 Å². The minimum Gasteiger partial charge on any atom is -0.465 e. The van der Waals surface area contributed by atoms with Crippen molar-refractivity contribution in [1.29, 1.82) is 5.41 Å². The highest BCUT2D eigenvalue weighted by Gasteiger charge is 2.05. The van der Waals surface area contributed by atoms with Gasteiger partial charge in [0.05, 0.1) is 12.7 Å². The fourth-order valence-corrected chi connectivity index (χ4v) is 1.14. The van der Waals surface area contributed by atoms with Crippen LogP contribution in [0.4, 0.5) is 0 Å². The van der Waals surface area contributed by atoms with Gasteiger partial charge in [-0.25, -0.2) is 4.79 Å². The number of nitrogens with one attached hydrogen (secondary N) is 1. The van der Waals surface area contributed by atoms with Gasteiger partial charge in [-0.3, -0.25) is 0 Å². The maximum Gasteiger partial charge on any atom is 0.337 e. The van der Waals surface area contributed by atoms with Gasteiger partial charge in [0.25, 0.3) is 0 Å². The standard InChI is InChI=1S/C11H12N2O2.C2H6/c1-15-11(14)9-4-2-8(3-5-9)10(6-12)7-13;1-2/h2-7,12H,13H2,1H3;1-2H3/b10-7+,12-6?;. The van der Waals surface area contributed by atoms with E-state index in [-0.39, 0.29) is 5.97 Å². The number of benzene rings is 1. The summed E-state index contributed by atoms with van der Waals surface area (Å²) in [4.78, 5) is 11.1. The highest BCUT2D eigenvalue weighted by atomic mass is 16.5. The zero-order chi connectivity index (χ0) is 13.3. The van der Waals surface area contributed by atoms with Crippen LogP contribution in [0.2, 0.25) is 0 Å². The van der Waals surface area contributed by atoms with Gasteiger partial charge in [0.1, 0.15) is 0 Å². The first kappa shape index (κ1) is 14.9. The van der Waals surface area contributed by atoms with Crippen LogP contribution >= 0.6 is 0 Å². The second-order valence-electron chi connectivity index (χ2n) is 2.84. The second kappa shape index (κ2) is 8.10. The van der Waals surface area contributed by atoms with Gasteiger partial charge in [-0.1, -0.05) is 26.0 Å². The van der Waals surface area contributed by atoms with E-state index in [1.54, 1.807) is 24.3 Å². The fourth-order valence-electron chi connectivity index (χ4n) is 1.14. The van der Waals surface area contributed by atoms with Crippen molar-refractivity contribution < 1.29 is 9.53 Å². The molecule has 0 heterocycles. The van der Waals surface area contributed by atoms with Crippen LogP contribution in [0.5, 0.6) is 0 Å². The van der Waals surface area contributed by atoms with Crippen LogP contribution in [0.3, 0.4) is 0 Å². The Hall–Kier alpha value is -2.10. The van der Waals surface area contributed by atoms with Crippen LogP contribution in [0.25, 0.3) is 5.57 Å². The van der Waals surface area contributed by atoms with Gasteiger partial charge < -0.3 is 15.9 Å². The van der Waals surface area contributed by atoms with E-state index < -0.39 is 0 Å². The summed E-state index contributed by atoms with van der Waals surface area (Å²) in [5.74, 6) is -0.380. The summed E-state index contributed by atoms with van der Waals surface area (Å²) in [6.45, 7) is 4.00. The predicted octanol–water partition coefficient (Wildman–Crippen LogP) is 2.45. The second-order valence-corrected chi connectivity index (χ2v) is 2.84. The lowest BCUT2D eigenvalue weighted by Crippen LogP contribution is -2.01. The summed E-state index contributed by atoms with van der Waals surface area (Å²) in [5.41, 5.74) is 7.20. The van der Waals surface area contributed by atoms with Gasteiger partial charge in [-0.15, -0.1) is 0 Å². The lowest BCUT2D eigenvalue weighted by atomic mass is 10.1. The van der Waals surface area contributed by atoms with E-state index in [2.05, 4.69) is 4.74 Å². The van der Waals surface area contributed by atoms with E-state index in [9.17, 15) is 4.79 Å². The first-order chi connectivity index (χ1) is 8.22. The number of methoxy groups -OCH3 is 1. The number of nitrogens with two attached hydrogens (primary N) is 1. The average Bonchev–Trinajstić information content (AvgIpc) is 2.42. The Bertz CT molecular complexity index is 394. The van der Waals surface area contributed by atoms with Gasteiger partial charge in [0, 0.05) is 18.0 Å². The van der Waals surface area contributed by atoms with Gasteiger partial charge in [0.2, 0.25) is 0 Å². The van der Waals surface area contributed by atoms with E-state index in [4.69, 9.17) is 11.1 Å². The summed E-state index contributed by atoms with van der Waals surface area (Å²) >= 11 is 0. The Kier molecular flexibility index (Phi) is 7.10. The van der Waals surface area contributed by atoms with Crippen molar-refractivity contribution in [2.24, 2.45) is 5.73 Å². The minimum absolute atomic E-state index is 0.380. The molecule has 92 valence electrons. The number of esters is 1. The first-order valence-corrected chi connectivity index (χ1v) is 5.34. The third-order valence-corrected chi connectivity index (χ3v) is 1.97. The molecule has 0 amide bonds. The normalized spacial score (nSPS) is 9.94. The van der Waals surface area contributed by atoms with Gasteiger partial charge >= 0.3 is 5.97 Å². The van der Waals surface area contributed by atoms with Gasteiger partial charge in [0.15, 0.2) is 0 Å². The molecule has 0 bridgehead atoms. The first-order valence-electron chi connectivity index (χ1n) is 5.34.